The first kappa shape index (κ1) is 16.0. The standard InChI is InChI=1S/C15H18N6S/c1-12(14-11-16-8-9-18-14)19-20-15(22)21(2)10-6-13-5-3-4-7-17-13/h3-5,7-9,11H,6,10H2,1-2H3,(H,20,22)/b19-12-. The van der Waals surface area contributed by atoms with Crippen LogP contribution in [0.15, 0.2) is 48.1 Å². The topological polar surface area (TPSA) is 66.3 Å². The van der Waals surface area contributed by atoms with Gasteiger partial charge in [0, 0.05) is 44.3 Å². The van der Waals surface area contributed by atoms with Crippen molar-refractivity contribution in [2.45, 2.75) is 13.3 Å². The second-order valence-electron chi connectivity index (χ2n) is 4.70. The molecule has 0 spiro atoms. The Morgan fingerprint density at radius 1 is 1.27 bits per heavy atom. The summed E-state index contributed by atoms with van der Waals surface area (Å²) in [6.07, 6.45) is 7.53. The Morgan fingerprint density at radius 2 is 2.14 bits per heavy atom. The average Bonchev–Trinajstić information content (AvgIpc) is 2.58. The van der Waals surface area contributed by atoms with Gasteiger partial charge in [-0.2, -0.15) is 5.10 Å². The summed E-state index contributed by atoms with van der Waals surface area (Å²) in [5.41, 5.74) is 5.36. The molecular weight excluding hydrogens is 296 g/mol. The Morgan fingerprint density at radius 3 is 2.82 bits per heavy atom. The van der Waals surface area contributed by atoms with Crippen molar-refractivity contribution in [2.75, 3.05) is 13.6 Å². The lowest BCUT2D eigenvalue weighted by Crippen LogP contribution is -2.36. The van der Waals surface area contributed by atoms with Crippen molar-refractivity contribution in [3.05, 3.63) is 54.4 Å². The molecule has 2 aromatic rings. The van der Waals surface area contributed by atoms with Crippen molar-refractivity contribution in [2.24, 2.45) is 5.10 Å². The van der Waals surface area contributed by atoms with Crippen molar-refractivity contribution in [3.8, 4) is 0 Å². The van der Waals surface area contributed by atoms with Crippen LogP contribution in [0.25, 0.3) is 0 Å². The summed E-state index contributed by atoms with van der Waals surface area (Å²) in [6, 6.07) is 5.89. The lowest BCUT2D eigenvalue weighted by atomic mass is 10.2. The largest absolute Gasteiger partial charge is 0.351 e. The summed E-state index contributed by atoms with van der Waals surface area (Å²) in [6.45, 7) is 2.62. The quantitative estimate of drug-likeness (QED) is 0.514. The van der Waals surface area contributed by atoms with Gasteiger partial charge in [-0.15, -0.1) is 0 Å². The molecule has 0 bridgehead atoms. The lowest BCUT2D eigenvalue weighted by Gasteiger charge is -2.19. The molecule has 2 aromatic heterocycles. The minimum Gasteiger partial charge on any atom is -0.351 e. The zero-order valence-corrected chi connectivity index (χ0v) is 13.4. The van der Waals surface area contributed by atoms with Crippen LogP contribution in [0.3, 0.4) is 0 Å². The molecule has 2 heterocycles. The first-order valence-electron chi connectivity index (χ1n) is 6.88. The highest BCUT2D eigenvalue weighted by atomic mass is 32.1. The van der Waals surface area contributed by atoms with Gasteiger partial charge in [0.05, 0.1) is 11.9 Å². The summed E-state index contributed by atoms with van der Waals surface area (Å²) in [5, 5.41) is 4.79. The van der Waals surface area contributed by atoms with E-state index in [4.69, 9.17) is 12.2 Å². The Hall–Kier alpha value is -2.41. The van der Waals surface area contributed by atoms with Crippen molar-refractivity contribution >= 4 is 23.0 Å². The van der Waals surface area contributed by atoms with Gasteiger partial charge >= 0.3 is 0 Å². The molecule has 0 aliphatic carbocycles. The first-order valence-corrected chi connectivity index (χ1v) is 7.29. The van der Waals surface area contributed by atoms with E-state index in [1.165, 1.54) is 0 Å². The fourth-order valence-electron chi connectivity index (χ4n) is 1.69. The smallest absolute Gasteiger partial charge is 0.189 e. The molecule has 114 valence electrons. The number of hydrogen-bond donors (Lipinski definition) is 1. The van der Waals surface area contributed by atoms with Gasteiger partial charge in [-0.25, -0.2) is 0 Å². The normalized spacial score (nSPS) is 11.1. The third-order valence-corrected chi connectivity index (χ3v) is 3.43. The van der Waals surface area contributed by atoms with Gasteiger partial charge in [0.1, 0.15) is 5.69 Å². The molecule has 0 atom stereocenters. The van der Waals surface area contributed by atoms with Crippen LogP contribution in [-0.2, 0) is 6.42 Å². The zero-order chi connectivity index (χ0) is 15.8. The average molecular weight is 314 g/mol. The number of nitrogens with zero attached hydrogens (tertiary/aromatic N) is 5. The molecule has 0 aliphatic heterocycles. The van der Waals surface area contributed by atoms with Crippen LogP contribution < -0.4 is 5.43 Å². The number of hydrogen-bond acceptors (Lipinski definition) is 5. The fraction of sp³-hybridized carbons (Fsp3) is 0.267. The van der Waals surface area contributed by atoms with E-state index >= 15 is 0 Å². The fourth-order valence-corrected chi connectivity index (χ4v) is 1.83. The van der Waals surface area contributed by atoms with E-state index in [9.17, 15) is 0 Å². The third-order valence-electron chi connectivity index (χ3n) is 3.03. The van der Waals surface area contributed by atoms with Gasteiger partial charge < -0.3 is 4.90 Å². The molecule has 22 heavy (non-hydrogen) atoms. The van der Waals surface area contributed by atoms with Crippen molar-refractivity contribution in [1.29, 1.82) is 0 Å². The van der Waals surface area contributed by atoms with Crippen molar-refractivity contribution < 1.29 is 0 Å². The molecular formula is C15H18N6S. The highest BCUT2D eigenvalue weighted by molar-refractivity contribution is 7.80. The molecule has 0 unspecified atom stereocenters. The summed E-state index contributed by atoms with van der Waals surface area (Å²) < 4.78 is 0. The van der Waals surface area contributed by atoms with Gasteiger partial charge in [0.2, 0.25) is 0 Å². The van der Waals surface area contributed by atoms with Gasteiger partial charge in [-0.3, -0.25) is 20.4 Å². The van der Waals surface area contributed by atoms with Gasteiger partial charge in [-0.1, -0.05) is 6.07 Å². The van der Waals surface area contributed by atoms with Crippen LogP contribution >= 0.6 is 12.2 Å². The van der Waals surface area contributed by atoms with Gasteiger partial charge in [0.15, 0.2) is 5.11 Å². The van der Waals surface area contributed by atoms with E-state index in [-0.39, 0.29) is 0 Å². The van der Waals surface area contributed by atoms with Crippen molar-refractivity contribution in [1.82, 2.24) is 25.3 Å². The molecule has 7 heteroatoms. The minimum absolute atomic E-state index is 0.555. The summed E-state index contributed by atoms with van der Waals surface area (Å²) >= 11 is 5.31. The molecule has 0 amide bonds. The summed E-state index contributed by atoms with van der Waals surface area (Å²) in [4.78, 5) is 14.4. The van der Waals surface area contributed by atoms with Crippen LogP contribution in [0, 0.1) is 0 Å². The van der Waals surface area contributed by atoms with Crippen LogP contribution in [0.4, 0.5) is 0 Å². The monoisotopic (exact) mass is 314 g/mol. The summed E-state index contributed by atoms with van der Waals surface area (Å²) in [5.74, 6) is 0. The number of rotatable bonds is 5. The lowest BCUT2D eigenvalue weighted by molar-refractivity contribution is 0.496. The molecule has 0 fully saturated rings. The summed E-state index contributed by atoms with van der Waals surface area (Å²) in [7, 11) is 1.92. The van der Waals surface area contributed by atoms with Crippen LogP contribution in [0.2, 0.25) is 0 Å². The maximum absolute atomic E-state index is 5.31. The minimum atomic E-state index is 0.555. The molecule has 6 nitrogen and oxygen atoms in total. The predicted molar refractivity (Wildman–Crippen MR) is 90.5 cm³/mol. The SMILES string of the molecule is C/C(=N/NC(=S)N(C)CCc1ccccn1)c1cnccn1. The number of likely N-dealkylation sites (N-methyl/N-ethyl adjacent to an activating group) is 1. The Balaban J connectivity index is 1.84. The number of pyridine rings is 1. The maximum atomic E-state index is 5.31. The van der Waals surface area contributed by atoms with Gasteiger partial charge in [-0.05, 0) is 31.3 Å². The van der Waals surface area contributed by atoms with E-state index in [0.717, 1.165) is 24.4 Å². The highest BCUT2D eigenvalue weighted by Crippen LogP contribution is 1.98. The molecule has 2 rings (SSSR count). The predicted octanol–water partition coefficient (Wildman–Crippen LogP) is 1.64. The molecule has 0 aliphatic rings. The molecule has 0 saturated carbocycles. The van der Waals surface area contributed by atoms with Crippen LogP contribution in [0.1, 0.15) is 18.3 Å². The number of nitrogens with one attached hydrogen (secondary N) is 1. The Bertz CT molecular complexity index is 629. The highest BCUT2D eigenvalue weighted by Gasteiger charge is 2.05. The van der Waals surface area contributed by atoms with Crippen LogP contribution in [0.5, 0.6) is 0 Å². The molecule has 1 N–H and O–H groups in total. The Labute approximate surface area is 135 Å². The second-order valence-corrected chi connectivity index (χ2v) is 5.08. The van der Waals surface area contributed by atoms with E-state index in [1.54, 1.807) is 24.8 Å². The molecule has 0 saturated heterocycles. The van der Waals surface area contributed by atoms with E-state index in [2.05, 4.69) is 25.5 Å². The van der Waals surface area contributed by atoms with Crippen molar-refractivity contribution in [3.63, 3.8) is 0 Å². The van der Waals surface area contributed by atoms with E-state index < -0.39 is 0 Å². The van der Waals surface area contributed by atoms with E-state index in [0.29, 0.717) is 10.8 Å². The third kappa shape index (κ3) is 4.85. The number of aromatic nitrogens is 3. The van der Waals surface area contributed by atoms with Gasteiger partial charge in [0.25, 0.3) is 0 Å². The molecule has 0 aromatic carbocycles. The van der Waals surface area contributed by atoms with Crippen LogP contribution in [-0.4, -0.2) is 44.3 Å². The first-order chi connectivity index (χ1) is 10.7. The zero-order valence-electron chi connectivity index (χ0n) is 12.6. The maximum Gasteiger partial charge on any atom is 0.189 e. The molecule has 0 radical (unpaired) electrons. The second kappa shape index (κ2) is 8.14. The number of hydrazone groups is 1. The Kier molecular flexibility index (Phi) is 5.91. The van der Waals surface area contributed by atoms with E-state index in [1.807, 2.05) is 37.1 Å². The number of thiocarbonyl (C=S) groups is 1.